The van der Waals surface area contributed by atoms with E-state index in [0.29, 0.717) is 11.9 Å². The Bertz CT molecular complexity index is 403. The number of halogens is 2. The van der Waals surface area contributed by atoms with Crippen LogP contribution >= 0.6 is 0 Å². The Labute approximate surface area is 106 Å². The summed E-state index contributed by atoms with van der Waals surface area (Å²) in [7, 11) is 1.93. The first-order chi connectivity index (χ1) is 8.61. The number of anilines is 1. The van der Waals surface area contributed by atoms with Crippen LogP contribution in [-0.2, 0) is 0 Å². The van der Waals surface area contributed by atoms with E-state index in [1.54, 1.807) is 0 Å². The van der Waals surface area contributed by atoms with E-state index in [2.05, 4.69) is 17.1 Å². The maximum absolute atomic E-state index is 13.6. The molecule has 1 saturated heterocycles. The monoisotopic (exact) mass is 255 g/mol. The summed E-state index contributed by atoms with van der Waals surface area (Å²) < 4.78 is 26.5. The van der Waals surface area contributed by atoms with Crippen LogP contribution in [0.3, 0.4) is 0 Å². The number of benzene rings is 1. The molecule has 1 atom stereocenters. The molecular formula is C13H19F2N3. The van der Waals surface area contributed by atoms with E-state index in [0.717, 1.165) is 32.2 Å². The van der Waals surface area contributed by atoms with Gasteiger partial charge in [-0.2, -0.15) is 0 Å². The summed E-state index contributed by atoms with van der Waals surface area (Å²) >= 11 is 0. The molecule has 0 aliphatic carbocycles. The SMILES string of the molecule is CNC(C)N1CCN(c2ccc(F)cc2F)CC1. The summed E-state index contributed by atoms with van der Waals surface area (Å²) in [5.74, 6) is -1.01. The van der Waals surface area contributed by atoms with Gasteiger partial charge in [0, 0.05) is 32.2 Å². The van der Waals surface area contributed by atoms with Crippen LogP contribution in [0.15, 0.2) is 18.2 Å². The van der Waals surface area contributed by atoms with Crippen molar-refractivity contribution in [1.29, 1.82) is 0 Å². The molecule has 1 heterocycles. The molecule has 2 rings (SSSR count). The van der Waals surface area contributed by atoms with E-state index >= 15 is 0 Å². The Hall–Kier alpha value is -1.20. The molecule has 1 aliphatic heterocycles. The normalized spacial score (nSPS) is 19.0. The predicted octanol–water partition coefficient (Wildman–Crippen LogP) is 1.65. The maximum atomic E-state index is 13.6. The largest absolute Gasteiger partial charge is 0.367 e. The third-order valence-electron chi connectivity index (χ3n) is 3.53. The quantitative estimate of drug-likeness (QED) is 0.886. The lowest BCUT2D eigenvalue weighted by Crippen LogP contribution is -2.53. The first-order valence-electron chi connectivity index (χ1n) is 6.23. The highest BCUT2D eigenvalue weighted by atomic mass is 19.1. The Balaban J connectivity index is 2.01. The zero-order valence-corrected chi connectivity index (χ0v) is 10.8. The summed E-state index contributed by atoms with van der Waals surface area (Å²) in [5, 5.41) is 3.19. The third-order valence-corrected chi connectivity index (χ3v) is 3.53. The third kappa shape index (κ3) is 2.79. The van der Waals surface area contributed by atoms with Crippen molar-refractivity contribution in [2.45, 2.75) is 13.1 Å². The van der Waals surface area contributed by atoms with Crippen LogP contribution in [0.4, 0.5) is 14.5 Å². The molecule has 5 heteroatoms. The van der Waals surface area contributed by atoms with E-state index in [9.17, 15) is 8.78 Å². The second-order valence-electron chi connectivity index (χ2n) is 4.58. The minimum absolute atomic E-state index is 0.324. The lowest BCUT2D eigenvalue weighted by atomic mass is 10.2. The highest BCUT2D eigenvalue weighted by Gasteiger charge is 2.21. The van der Waals surface area contributed by atoms with Gasteiger partial charge in [-0.3, -0.25) is 4.90 Å². The van der Waals surface area contributed by atoms with Gasteiger partial charge in [0.05, 0.1) is 11.9 Å². The smallest absolute Gasteiger partial charge is 0.149 e. The first kappa shape index (κ1) is 13.2. The van der Waals surface area contributed by atoms with Crippen LogP contribution in [0, 0.1) is 11.6 Å². The molecule has 1 aliphatic rings. The van der Waals surface area contributed by atoms with Gasteiger partial charge in [0.1, 0.15) is 11.6 Å². The minimum atomic E-state index is -0.529. The van der Waals surface area contributed by atoms with Crippen molar-refractivity contribution in [2.75, 3.05) is 38.1 Å². The van der Waals surface area contributed by atoms with E-state index in [1.807, 2.05) is 11.9 Å². The standard InChI is InChI=1S/C13H19F2N3/c1-10(16-2)17-5-7-18(8-6-17)13-4-3-11(14)9-12(13)15/h3-4,9-10,16H,5-8H2,1-2H3. The molecule has 0 saturated carbocycles. The Morgan fingerprint density at radius 2 is 1.83 bits per heavy atom. The number of hydrogen-bond acceptors (Lipinski definition) is 3. The van der Waals surface area contributed by atoms with Gasteiger partial charge in [-0.05, 0) is 26.1 Å². The molecule has 1 N–H and O–H groups in total. The average molecular weight is 255 g/mol. The van der Waals surface area contributed by atoms with Crippen LogP contribution in [0.25, 0.3) is 0 Å². The molecule has 100 valence electrons. The summed E-state index contributed by atoms with van der Waals surface area (Å²) in [6.07, 6.45) is 0.324. The van der Waals surface area contributed by atoms with Crippen LogP contribution in [0.1, 0.15) is 6.92 Å². The van der Waals surface area contributed by atoms with Gasteiger partial charge in [0.15, 0.2) is 0 Å². The lowest BCUT2D eigenvalue weighted by molar-refractivity contribution is 0.176. The van der Waals surface area contributed by atoms with E-state index in [-0.39, 0.29) is 0 Å². The van der Waals surface area contributed by atoms with Gasteiger partial charge in [0.2, 0.25) is 0 Å². The highest BCUT2D eigenvalue weighted by Crippen LogP contribution is 2.21. The Morgan fingerprint density at radius 1 is 1.17 bits per heavy atom. The number of hydrogen-bond donors (Lipinski definition) is 1. The fourth-order valence-electron chi connectivity index (χ4n) is 2.27. The van der Waals surface area contributed by atoms with Crippen molar-refractivity contribution in [2.24, 2.45) is 0 Å². The van der Waals surface area contributed by atoms with Gasteiger partial charge in [0.25, 0.3) is 0 Å². The number of nitrogens with zero attached hydrogens (tertiary/aromatic N) is 2. The number of piperazine rings is 1. The number of nitrogens with one attached hydrogen (secondary N) is 1. The lowest BCUT2D eigenvalue weighted by Gasteiger charge is -2.39. The zero-order chi connectivity index (χ0) is 13.1. The maximum Gasteiger partial charge on any atom is 0.149 e. The second kappa shape index (κ2) is 5.63. The summed E-state index contributed by atoms with van der Waals surface area (Å²) in [5.41, 5.74) is 0.494. The molecule has 1 aromatic rings. The molecule has 18 heavy (non-hydrogen) atoms. The molecule has 0 spiro atoms. The van der Waals surface area contributed by atoms with Crippen LogP contribution in [0.5, 0.6) is 0 Å². The second-order valence-corrected chi connectivity index (χ2v) is 4.58. The van der Waals surface area contributed by atoms with Gasteiger partial charge in [-0.25, -0.2) is 8.78 Å². The molecule has 0 aromatic heterocycles. The number of rotatable bonds is 3. The topological polar surface area (TPSA) is 18.5 Å². The Morgan fingerprint density at radius 3 is 2.39 bits per heavy atom. The molecule has 0 amide bonds. The summed E-state index contributed by atoms with van der Waals surface area (Å²) in [6.45, 7) is 5.37. The molecule has 0 radical (unpaired) electrons. The van der Waals surface area contributed by atoms with E-state index in [1.165, 1.54) is 12.1 Å². The molecular weight excluding hydrogens is 236 g/mol. The van der Waals surface area contributed by atoms with Crippen LogP contribution in [-0.4, -0.2) is 44.3 Å². The van der Waals surface area contributed by atoms with Crippen molar-refractivity contribution in [3.05, 3.63) is 29.8 Å². The predicted molar refractivity (Wildman–Crippen MR) is 68.7 cm³/mol. The average Bonchev–Trinajstić information content (AvgIpc) is 2.38. The fourth-order valence-corrected chi connectivity index (χ4v) is 2.27. The minimum Gasteiger partial charge on any atom is -0.367 e. The van der Waals surface area contributed by atoms with E-state index < -0.39 is 11.6 Å². The molecule has 1 unspecified atom stereocenters. The highest BCUT2D eigenvalue weighted by molar-refractivity contribution is 5.48. The van der Waals surface area contributed by atoms with Crippen LogP contribution in [0.2, 0.25) is 0 Å². The van der Waals surface area contributed by atoms with E-state index in [4.69, 9.17) is 0 Å². The molecule has 1 fully saturated rings. The molecule has 1 aromatic carbocycles. The first-order valence-corrected chi connectivity index (χ1v) is 6.23. The fraction of sp³-hybridized carbons (Fsp3) is 0.538. The Kier molecular flexibility index (Phi) is 4.14. The summed E-state index contributed by atoms with van der Waals surface area (Å²) in [4.78, 5) is 4.27. The molecule has 3 nitrogen and oxygen atoms in total. The van der Waals surface area contributed by atoms with Crippen LogP contribution < -0.4 is 10.2 Å². The molecule has 0 bridgehead atoms. The van der Waals surface area contributed by atoms with Crippen molar-refractivity contribution >= 4 is 5.69 Å². The van der Waals surface area contributed by atoms with Crippen molar-refractivity contribution in [1.82, 2.24) is 10.2 Å². The van der Waals surface area contributed by atoms with Gasteiger partial charge < -0.3 is 10.2 Å². The summed E-state index contributed by atoms with van der Waals surface area (Å²) in [6, 6.07) is 3.76. The van der Waals surface area contributed by atoms with Crippen molar-refractivity contribution in [3.8, 4) is 0 Å². The van der Waals surface area contributed by atoms with Crippen molar-refractivity contribution in [3.63, 3.8) is 0 Å². The van der Waals surface area contributed by atoms with Gasteiger partial charge in [-0.1, -0.05) is 0 Å². The van der Waals surface area contributed by atoms with Gasteiger partial charge >= 0.3 is 0 Å². The van der Waals surface area contributed by atoms with Gasteiger partial charge in [-0.15, -0.1) is 0 Å². The van der Waals surface area contributed by atoms with Crippen molar-refractivity contribution < 1.29 is 8.78 Å². The zero-order valence-electron chi connectivity index (χ0n) is 10.8.